The van der Waals surface area contributed by atoms with Gasteiger partial charge < -0.3 is 4.42 Å². The number of hydrogen-bond acceptors (Lipinski definition) is 3. The average Bonchev–Trinajstić information content (AvgIpc) is 2.47. The van der Waals surface area contributed by atoms with Crippen molar-refractivity contribution in [2.24, 2.45) is 0 Å². The molecule has 0 amide bonds. The molecule has 0 radical (unpaired) electrons. The number of rotatable bonds is 3. The largest absolute Gasteiger partial charge is 0.461 e. The van der Waals surface area contributed by atoms with E-state index in [1.807, 2.05) is 6.07 Å². The van der Waals surface area contributed by atoms with Gasteiger partial charge in [0.1, 0.15) is 0 Å². The first kappa shape index (κ1) is 7.55. The molecule has 0 spiro atoms. The summed E-state index contributed by atoms with van der Waals surface area (Å²) in [7, 11) is 0. The second kappa shape index (κ2) is 3.57. The van der Waals surface area contributed by atoms with Crippen molar-refractivity contribution >= 4 is 6.29 Å². The lowest BCUT2D eigenvalue weighted by Gasteiger charge is -1.89. The van der Waals surface area contributed by atoms with Crippen LogP contribution in [0.15, 0.2) is 16.7 Å². The molecule has 56 valence electrons. The SMILES string of the molecule is N#CCCc1ccoc1C=O. The maximum Gasteiger partial charge on any atom is 0.185 e. The Morgan fingerprint density at radius 1 is 1.73 bits per heavy atom. The van der Waals surface area contributed by atoms with E-state index in [-0.39, 0.29) is 0 Å². The minimum absolute atomic E-state index is 0.334. The minimum atomic E-state index is 0.334. The molecular weight excluding hydrogens is 142 g/mol. The number of hydrogen-bond donors (Lipinski definition) is 0. The molecule has 3 heteroatoms. The van der Waals surface area contributed by atoms with Crippen LogP contribution in [0.3, 0.4) is 0 Å². The highest BCUT2D eigenvalue weighted by Crippen LogP contribution is 2.09. The van der Waals surface area contributed by atoms with Crippen molar-refractivity contribution in [3.63, 3.8) is 0 Å². The second-order valence-corrected chi connectivity index (χ2v) is 2.09. The fourth-order valence-electron chi connectivity index (χ4n) is 0.848. The van der Waals surface area contributed by atoms with Crippen molar-refractivity contribution in [1.29, 1.82) is 5.26 Å². The van der Waals surface area contributed by atoms with Crippen LogP contribution >= 0.6 is 0 Å². The molecule has 0 aromatic carbocycles. The molecular formula is C8H7NO2. The average molecular weight is 149 g/mol. The molecule has 1 aromatic rings. The Kier molecular flexibility index (Phi) is 2.45. The Labute approximate surface area is 64.2 Å². The first-order valence-electron chi connectivity index (χ1n) is 3.27. The van der Waals surface area contributed by atoms with Crippen molar-refractivity contribution in [3.05, 3.63) is 23.7 Å². The lowest BCUT2D eigenvalue weighted by Crippen LogP contribution is -1.85. The topological polar surface area (TPSA) is 54.0 Å². The molecule has 3 nitrogen and oxygen atoms in total. The molecule has 1 aromatic heterocycles. The third kappa shape index (κ3) is 1.68. The van der Waals surface area contributed by atoms with Crippen molar-refractivity contribution in [3.8, 4) is 6.07 Å². The van der Waals surface area contributed by atoms with E-state index in [0.29, 0.717) is 24.9 Å². The van der Waals surface area contributed by atoms with Gasteiger partial charge in [0.15, 0.2) is 12.0 Å². The molecule has 0 saturated carbocycles. The van der Waals surface area contributed by atoms with Crippen LogP contribution in [0.4, 0.5) is 0 Å². The van der Waals surface area contributed by atoms with Crippen LogP contribution in [0, 0.1) is 11.3 Å². The van der Waals surface area contributed by atoms with Crippen LogP contribution in [-0.4, -0.2) is 6.29 Å². The van der Waals surface area contributed by atoms with Gasteiger partial charge in [-0.15, -0.1) is 0 Å². The van der Waals surface area contributed by atoms with Crippen LogP contribution in [0.1, 0.15) is 22.5 Å². The number of furan rings is 1. The van der Waals surface area contributed by atoms with Gasteiger partial charge in [0.25, 0.3) is 0 Å². The summed E-state index contributed by atoms with van der Waals surface area (Å²) in [5.74, 6) is 0.334. The van der Waals surface area contributed by atoms with Gasteiger partial charge in [0.2, 0.25) is 0 Å². The summed E-state index contributed by atoms with van der Waals surface area (Å²) in [6, 6.07) is 3.71. The van der Waals surface area contributed by atoms with Gasteiger partial charge in [0.05, 0.1) is 12.3 Å². The summed E-state index contributed by atoms with van der Waals surface area (Å²) in [4.78, 5) is 10.3. The Morgan fingerprint density at radius 3 is 3.18 bits per heavy atom. The zero-order valence-corrected chi connectivity index (χ0v) is 5.91. The molecule has 0 atom stereocenters. The number of nitriles is 1. The van der Waals surface area contributed by atoms with E-state index < -0.39 is 0 Å². The lowest BCUT2D eigenvalue weighted by atomic mass is 10.1. The van der Waals surface area contributed by atoms with E-state index in [9.17, 15) is 4.79 Å². The van der Waals surface area contributed by atoms with E-state index in [1.165, 1.54) is 6.26 Å². The van der Waals surface area contributed by atoms with Gasteiger partial charge in [0, 0.05) is 12.0 Å². The van der Waals surface area contributed by atoms with Crippen LogP contribution < -0.4 is 0 Å². The molecule has 0 unspecified atom stereocenters. The monoisotopic (exact) mass is 149 g/mol. The zero-order chi connectivity index (χ0) is 8.10. The zero-order valence-electron chi connectivity index (χ0n) is 5.91. The molecule has 0 bridgehead atoms. The molecule has 11 heavy (non-hydrogen) atoms. The predicted octanol–water partition coefficient (Wildman–Crippen LogP) is 1.55. The molecule has 0 fully saturated rings. The van der Waals surface area contributed by atoms with E-state index in [1.54, 1.807) is 6.07 Å². The molecule has 0 aliphatic carbocycles. The number of aryl methyl sites for hydroxylation is 1. The van der Waals surface area contributed by atoms with Gasteiger partial charge in [-0.3, -0.25) is 4.79 Å². The van der Waals surface area contributed by atoms with Crippen molar-refractivity contribution in [1.82, 2.24) is 0 Å². The molecule has 0 aliphatic heterocycles. The molecule has 1 rings (SSSR count). The number of aldehydes is 1. The van der Waals surface area contributed by atoms with Gasteiger partial charge in [-0.1, -0.05) is 0 Å². The van der Waals surface area contributed by atoms with E-state index in [4.69, 9.17) is 9.68 Å². The van der Waals surface area contributed by atoms with Gasteiger partial charge in [-0.25, -0.2) is 0 Å². The third-order valence-corrected chi connectivity index (χ3v) is 1.39. The van der Waals surface area contributed by atoms with Gasteiger partial charge >= 0.3 is 0 Å². The van der Waals surface area contributed by atoms with Crippen molar-refractivity contribution < 1.29 is 9.21 Å². The highest BCUT2D eigenvalue weighted by Gasteiger charge is 2.02. The Bertz CT molecular complexity index is 283. The normalized spacial score (nSPS) is 9.00. The third-order valence-electron chi connectivity index (χ3n) is 1.39. The smallest absolute Gasteiger partial charge is 0.185 e. The van der Waals surface area contributed by atoms with Crippen molar-refractivity contribution in [2.75, 3.05) is 0 Å². The van der Waals surface area contributed by atoms with Gasteiger partial charge in [-0.05, 0) is 12.5 Å². The predicted molar refractivity (Wildman–Crippen MR) is 38.0 cm³/mol. The van der Waals surface area contributed by atoms with Crippen LogP contribution in [0.5, 0.6) is 0 Å². The first-order chi connectivity index (χ1) is 5.38. The Morgan fingerprint density at radius 2 is 2.55 bits per heavy atom. The number of carbonyl (C=O) groups is 1. The summed E-state index contributed by atoms with van der Waals surface area (Å²) >= 11 is 0. The Balaban J connectivity index is 2.70. The summed E-state index contributed by atoms with van der Waals surface area (Å²) < 4.78 is 4.83. The van der Waals surface area contributed by atoms with Crippen LogP contribution in [0.25, 0.3) is 0 Å². The molecule has 0 aliphatic rings. The molecule has 0 N–H and O–H groups in total. The highest BCUT2D eigenvalue weighted by atomic mass is 16.3. The fourth-order valence-corrected chi connectivity index (χ4v) is 0.848. The summed E-state index contributed by atoms with van der Waals surface area (Å²) in [5.41, 5.74) is 0.807. The second-order valence-electron chi connectivity index (χ2n) is 2.09. The number of carbonyl (C=O) groups excluding carboxylic acids is 1. The first-order valence-corrected chi connectivity index (χ1v) is 3.27. The van der Waals surface area contributed by atoms with E-state index >= 15 is 0 Å². The quantitative estimate of drug-likeness (QED) is 0.612. The Hall–Kier alpha value is -1.56. The standard InChI is InChI=1S/C8H7NO2/c9-4-1-2-7-3-5-11-8(7)6-10/h3,5-6H,1-2H2. The van der Waals surface area contributed by atoms with Crippen LogP contribution in [0.2, 0.25) is 0 Å². The minimum Gasteiger partial charge on any atom is -0.461 e. The fraction of sp³-hybridized carbons (Fsp3) is 0.250. The molecule has 1 heterocycles. The van der Waals surface area contributed by atoms with E-state index in [0.717, 1.165) is 5.56 Å². The van der Waals surface area contributed by atoms with E-state index in [2.05, 4.69) is 0 Å². The van der Waals surface area contributed by atoms with Gasteiger partial charge in [-0.2, -0.15) is 5.26 Å². The van der Waals surface area contributed by atoms with Crippen LogP contribution in [-0.2, 0) is 6.42 Å². The maximum atomic E-state index is 10.3. The lowest BCUT2D eigenvalue weighted by molar-refractivity contribution is 0.109. The summed E-state index contributed by atoms with van der Waals surface area (Å²) in [6.45, 7) is 0. The summed E-state index contributed by atoms with van der Waals surface area (Å²) in [6.07, 6.45) is 3.12. The maximum absolute atomic E-state index is 10.3. The molecule has 0 saturated heterocycles. The van der Waals surface area contributed by atoms with Crippen molar-refractivity contribution in [2.45, 2.75) is 12.8 Å². The number of nitrogens with zero attached hydrogens (tertiary/aromatic N) is 1. The highest BCUT2D eigenvalue weighted by molar-refractivity contribution is 5.72. The summed E-state index contributed by atoms with van der Waals surface area (Å²) in [5, 5.41) is 8.26.